The quantitative estimate of drug-likeness (QED) is 0.707. The second-order valence-corrected chi connectivity index (χ2v) is 7.19. The van der Waals surface area contributed by atoms with Gasteiger partial charge in [0.1, 0.15) is 6.04 Å². The minimum absolute atomic E-state index is 0.00507. The van der Waals surface area contributed by atoms with Gasteiger partial charge >= 0.3 is 5.97 Å². The first-order chi connectivity index (χ1) is 11.3. The predicted molar refractivity (Wildman–Crippen MR) is 89.4 cm³/mol. The van der Waals surface area contributed by atoms with E-state index in [0.29, 0.717) is 19.1 Å². The molecule has 2 aliphatic heterocycles. The van der Waals surface area contributed by atoms with Crippen LogP contribution in [0, 0.1) is 11.8 Å². The summed E-state index contributed by atoms with van der Waals surface area (Å²) in [6.07, 6.45) is 2.41. The van der Waals surface area contributed by atoms with Crippen molar-refractivity contribution >= 4 is 17.8 Å². The molecule has 2 N–H and O–H groups in total. The van der Waals surface area contributed by atoms with Crippen molar-refractivity contribution < 1.29 is 19.5 Å². The summed E-state index contributed by atoms with van der Waals surface area (Å²) in [6, 6.07) is -0.532. The summed E-state index contributed by atoms with van der Waals surface area (Å²) in [5.41, 5.74) is 0. The van der Waals surface area contributed by atoms with Crippen molar-refractivity contribution in [1.29, 1.82) is 0 Å². The number of amides is 2. The van der Waals surface area contributed by atoms with Crippen LogP contribution in [0.25, 0.3) is 0 Å². The molecular formula is C17H29N3O4. The van der Waals surface area contributed by atoms with E-state index in [0.717, 1.165) is 25.9 Å². The number of carbonyl (C=O) groups excluding carboxylic acids is 2. The second-order valence-electron chi connectivity index (χ2n) is 7.19. The number of carboxylic acids is 1. The zero-order valence-corrected chi connectivity index (χ0v) is 14.8. The topological polar surface area (TPSA) is 89.9 Å². The Bertz CT molecular complexity index is 494. The van der Waals surface area contributed by atoms with Crippen LogP contribution in [0.2, 0.25) is 0 Å². The summed E-state index contributed by atoms with van der Waals surface area (Å²) < 4.78 is 0. The zero-order chi connectivity index (χ0) is 17.9. The molecule has 7 nitrogen and oxygen atoms in total. The highest BCUT2D eigenvalue weighted by Gasteiger charge is 2.38. The highest BCUT2D eigenvalue weighted by atomic mass is 16.4. The van der Waals surface area contributed by atoms with Crippen molar-refractivity contribution in [3.8, 4) is 0 Å². The molecule has 2 rings (SSSR count). The Balaban J connectivity index is 1.91. The molecule has 2 aliphatic rings. The largest absolute Gasteiger partial charge is 0.480 e. The number of carboxylic acid groups (broad SMARTS) is 1. The van der Waals surface area contributed by atoms with Crippen LogP contribution in [-0.2, 0) is 14.4 Å². The molecule has 24 heavy (non-hydrogen) atoms. The fraction of sp³-hybridized carbons (Fsp3) is 0.824. The van der Waals surface area contributed by atoms with E-state index in [2.05, 4.69) is 17.1 Å². The van der Waals surface area contributed by atoms with Gasteiger partial charge in [-0.05, 0) is 31.8 Å². The molecule has 136 valence electrons. The van der Waals surface area contributed by atoms with Gasteiger partial charge in [0.05, 0.1) is 5.92 Å². The smallest absolute Gasteiger partial charge is 0.326 e. The average Bonchev–Trinajstić information content (AvgIpc) is 3.11. The van der Waals surface area contributed by atoms with Gasteiger partial charge in [-0.1, -0.05) is 20.8 Å². The number of nitrogens with one attached hydrogen (secondary N) is 1. The summed E-state index contributed by atoms with van der Waals surface area (Å²) >= 11 is 0. The normalized spacial score (nSPS) is 26.2. The van der Waals surface area contributed by atoms with Gasteiger partial charge in [0.25, 0.3) is 0 Å². The third-order valence-corrected chi connectivity index (χ3v) is 5.15. The van der Waals surface area contributed by atoms with Crippen LogP contribution in [0.3, 0.4) is 0 Å². The van der Waals surface area contributed by atoms with Crippen LogP contribution >= 0.6 is 0 Å². The van der Waals surface area contributed by atoms with Crippen LogP contribution in [-0.4, -0.2) is 71.0 Å². The standard InChI is InChI=1S/C17H29N3O4/c1-4-19-7-5-6-13(19)10-20-9-12(8-14(20)21)16(22)18-15(11(2)3)17(23)24/h11-13,15H,4-10H2,1-3H3,(H,18,22)(H,23,24)/t12?,13?,15-/m1/s1. The van der Waals surface area contributed by atoms with Gasteiger partial charge in [-0.15, -0.1) is 0 Å². The lowest BCUT2D eigenvalue weighted by molar-refractivity contribution is -0.143. The Morgan fingerprint density at radius 3 is 2.67 bits per heavy atom. The van der Waals surface area contributed by atoms with E-state index in [1.165, 1.54) is 0 Å². The maximum Gasteiger partial charge on any atom is 0.326 e. The molecule has 2 heterocycles. The molecule has 2 fully saturated rings. The lowest BCUT2D eigenvalue weighted by Gasteiger charge is -2.27. The van der Waals surface area contributed by atoms with E-state index in [9.17, 15) is 19.5 Å². The highest BCUT2D eigenvalue weighted by Crippen LogP contribution is 2.23. The Morgan fingerprint density at radius 1 is 1.38 bits per heavy atom. The van der Waals surface area contributed by atoms with Gasteiger partial charge in [-0.3, -0.25) is 14.5 Å². The third-order valence-electron chi connectivity index (χ3n) is 5.15. The van der Waals surface area contributed by atoms with E-state index in [-0.39, 0.29) is 24.2 Å². The zero-order valence-electron chi connectivity index (χ0n) is 14.8. The van der Waals surface area contributed by atoms with Crippen molar-refractivity contribution in [1.82, 2.24) is 15.1 Å². The Hall–Kier alpha value is -1.63. The Kier molecular flexibility index (Phi) is 6.21. The van der Waals surface area contributed by atoms with E-state index >= 15 is 0 Å². The number of nitrogens with zero attached hydrogens (tertiary/aromatic N) is 2. The molecule has 0 bridgehead atoms. The van der Waals surface area contributed by atoms with Crippen molar-refractivity contribution in [2.75, 3.05) is 26.2 Å². The molecular weight excluding hydrogens is 310 g/mol. The number of hydrogen-bond donors (Lipinski definition) is 2. The number of hydrogen-bond acceptors (Lipinski definition) is 4. The lowest BCUT2D eigenvalue weighted by Crippen LogP contribution is -2.47. The maximum atomic E-state index is 12.3. The number of rotatable bonds is 7. The van der Waals surface area contributed by atoms with Gasteiger partial charge in [0.15, 0.2) is 0 Å². The minimum Gasteiger partial charge on any atom is -0.480 e. The predicted octanol–water partition coefficient (Wildman–Crippen LogP) is 0.545. The van der Waals surface area contributed by atoms with Crippen LogP contribution < -0.4 is 5.32 Å². The van der Waals surface area contributed by atoms with E-state index < -0.39 is 17.9 Å². The van der Waals surface area contributed by atoms with Gasteiger partial charge in [0.2, 0.25) is 11.8 Å². The number of likely N-dealkylation sites (N-methyl/N-ethyl adjacent to an activating group) is 1. The van der Waals surface area contributed by atoms with Crippen molar-refractivity contribution in [2.24, 2.45) is 11.8 Å². The first kappa shape index (κ1) is 18.7. The van der Waals surface area contributed by atoms with E-state index in [4.69, 9.17) is 0 Å². The molecule has 0 spiro atoms. The molecule has 0 aliphatic carbocycles. The van der Waals surface area contributed by atoms with E-state index in [1.54, 1.807) is 18.7 Å². The minimum atomic E-state index is -1.04. The van der Waals surface area contributed by atoms with Gasteiger partial charge in [0, 0.05) is 25.6 Å². The summed E-state index contributed by atoms with van der Waals surface area (Å²) in [5, 5.41) is 11.8. The molecule has 0 saturated carbocycles. The molecule has 2 unspecified atom stereocenters. The Labute approximate surface area is 143 Å². The fourth-order valence-corrected chi connectivity index (χ4v) is 3.68. The molecule has 0 aromatic rings. The molecule has 0 aromatic heterocycles. The number of aliphatic carboxylic acids is 1. The van der Waals surface area contributed by atoms with Gasteiger partial charge in [-0.25, -0.2) is 4.79 Å². The van der Waals surface area contributed by atoms with Crippen LogP contribution in [0.5, 0.6) is 0 Å². The van der Waals surface area contributed by atoms with Crippen molar-refractivity contribution in [2.45, 2.75) is 52.1 Å². The Morgan fingerprint density at radius 2 is 2.08 bits per heavy atom. The van der Waals surface area contributed by atoms with Crippen LogP contribution in [0.4, 0.5) is 0 Å². The number of carbonyl (C=O) groups is 3. The van der Waals surface area contributed by atoms with Crippen molar-refractivity contribution in [3.05, 3.63) is 0 Å². The molecule has 2 saturated heterocycles. The lowest BCUT2D eigenvalue weighted by atomic mass is 10.0. The molecule has 2 amide bonds. The highest BCUT2D eigenvalue weighted by molar-refractivity contribution is 5.91. The van der Waals surface area contributed by atoms with Crippen molar-refractivity contribution in [3.63, 3.8) is 0 Å². The van der Waals surface area contributed by atoms with Gasteiger partial charge in [-0.2, -0.15) is 0 Å². The third kappa shape index (κ3) is 4.26. The molecule has 7 heteroatoms. The van der Waals surface area contributed by atoms with Gasteiger partial charge < -0.3 is 15.3 Å². The maximum absolute atomic E-state index is 12.3. The fourth-order valence-electron chi connectivity index (χ4n) is 3.68. The second kappa shape index (κ2) is 7.96. The first-order valence-electron chi connectivity index (χ1n) is 8.88. The average molecular weight is 339 g/mol. The summed E-state index contributed by atoms with van der Waals surface area (Å²) in [4.78, 5) is 40.0. The monoisotopic (exact) mass is 339 g/mol. The van der Waals surface area contributed by atoms with E-state index in [1.807, 2.05) is 0 Å². The SMILES string of the molecule is CCN1CCCC1CN1CC(C(=O)N[C@@H](C(=O)O)C(C)C)CC1=O. The summed E-state index contributed by atoms with van der Waals surface area (Å²) in [5.74, 6) is -2.02. The van der Waals surface area contributed by atoms with Crippen LogP contribution in [0.1, 0.15) is 40.0 Å². The first-order valence-corrected chi connectivity index (χ1v) is 8.88. The summed E-state index contributed by atoms with van der Waals surface area (Å²) in [7, 11) is 0. The molecule has 3 atom stereocenters. The number of likely N-dealkylation sites (tertiary alicyclic amines) is 2. The molecule has 0 radical (unpaired) electrons. The summed E-state index contributed by atoms with van der Waals surface area (Å²) in [6.45, 7) is 8.74. The van der Waals surface area contributed by atoms with Crippen LogP contribution in [0.15, 0.2) is 0 Å². The molecule has 0 aromatic carbocycles.